The number of benzene rings is 2. The highest BCUT2D eigenvalue weighted by atomic mass is 32.2. The number of rotatable bonds is 4. The molecule has 3 rings (SSSR count). The summed E-state index contributed by atoms with van der Waals surface area (Å²) in [6.45, 7) is 5.52. The Morgan fingerprint density at radius 1 is 1.08 bits per heavy atom. The molecule has 0 amide bonds. The first-order valence-electron chi connectivity index (χ1n) is 8.66. The van der Waals surface area contributed by atoms with Crippen LogP contribution < -0.4 is 0 Å². The average Bonchev–Trinajstić information content (AvgIpc) is 2.59. The van der Waals surface area contributed by atoms with Crippen molar-refractivity contribution >= 4 is 15.9 Å². The average molecular weight is 356 g/mol. The van der Waals surface area contributed by atoms with E-state index in [4.69, 9.17) is 0 Å². The van der Waals surface area contributed by atoms with Crippen LogP contribution >= 0.6 is 0 Å². The zero-order valence-corrected chi connectivity index (χ0v) is 15.5. The van der Waals surface area contributed by atoms with E-state index >= 15 is 0 Å². The molecule has 0 aromatic heterocycles. The first-order valence-corrected chi connectivity index (χ1v) is 10.1. The molecule has 132 valence electrons. The maximum atomic E-state index is 12.7. The third-order valence-corrected chi connectivity index (χ3v) is 5.87. The first-order chi connectivity index (χ1) is 12.0. The van der Waals surface area contributed by atoms with E-state index in [0.29, 0.717) is 12.4 Å². The molecule has 1 atom stereocenters. The summed E-state index contributed by atoms with van der Waals surface area (Å²) in [6, 6.07) is 17.0. The molecule has 0 saturated carbocycles. The number of nitrogens with zero attached hydrogens (tertiary/aromatic N) is 2. The Kier molecular flexibility index (Phi) is 5.23. The fourth-order valence-electron chi connectivity index (χ4n) is 3.14. The summed E-state index contributed by atoms with van der Waals surface area (Å²) >= 11 is 0. The number of piperidine rings is 1. The van der Waals surface area contributed by atoms with Crippen molar-refractivity contribution in [1.82, 2.24) is 4.90 Å². The van der Waals surface area contributed by atoms with Crippen LogP contribution in [-0.4, -0.2) is 25.7 Å². The third-order valence-electron chi connectivity index (χ3n) is 4.58. The number of hydrogen-bond donors (Lipinski definition) is 0. The van der Waals surface area contributed by atoms with E-state index in [0.717, 1.165) is 30.5 Å². The predicted octanol–water partition coefficient (Wildman–Crippen LogP) is 4.01. The van der Waals surface area contributed by atoms with Gasteiger partial charge in [0.05, 0.1) is 4.90 Å². The van der Waals surface area contributed by atoms with Gasteiger partial charge in [-0.05, 0) is 37.5 Å². The molecule has 25 heavy (non-hydrogen) atoms. The molecular weight excluding hydrogens is 332 g/mol. The van der Waals surface area contributed by atoms with Crippen LogP contribution in [-0.2, 0) is 16.6 Å². The van der Waals surface area contributed by atoms with Crippen molar-refractivity contribution in [2.75, 3.05) is 6.54 Å². The lowest BCUT2D eigenvalue weighted by atomic mass is 9.98. The minimum Gasteiger partial charge on any atom is -0.355 e. The molecule has 1 fully saturated rings. The van der Waals surface area contributed by atoms with Gasteiger partial charge >= 0.3 is 0 Å². The zero-order chi connectivity index (χ0) is 17.9. The zero-order valence-electron chi connectivity index (χ0n) is 14.7. The summed E-state index contributed by atoms with van der Waals surface area (Å²) in [4.78, 5) is 2.36. The van der Waals surface area contributed by atoms with E-state index < -0.39 is 10.0 Å². The lowest BCUT2D eigenvalue weighted by Crippen LogP contribution is -2.40. The lowest BCUT2D eigenvalue weighted by molar-refractivity contribution is 0.332. The second kappa shape index (κ2) is 7.40. The summed E-state index contributed by atoms with van der Waals surface area (Å²) in [5.74, 6) is 0.813. The van der Waals surface area contributed by atoms with Crippen molar-refractivity contribution in [3.05, 3.63) is 65.7 Å². The molecule has 0 bridgehead atoms. The Hall–Kier alpha value is -2.14. The van der Waals surface area contributed by atoms with E-state index in [1.807, 2.05) is 25.1 Å². The van der Waals surface area contributed by atoms with E-state index in [2.05, 4.69) is 28.4 Å². The smallest absolute Gasteiger partial charge is 0.283 e. The van der Waals surface area contributed by atoms with Gasteiger partial charge in [-0.3, -0.25) is 0 Å². The molecule has 1 heterocycles. The highest BCUT2D eigenvalue weighted by Crippen LogP contribution is 2.23. The number of likely N-dealkylation sites (tertiary alicyclic amines) is 1. The molecule has 0 radical (unpaired) electrons. The minimum absolute atomic E-state index is 0.137. The molecule has 1 saturated heterocycles. The van der Waals surface area contributed by atoms with Crippen molar-refractivity contribution in [2.24, 2.45) is 10.3 Å². The fraction of sp³-hybridized carbons (Fsp3) is 0.350. The van der Waals surface area contributed by atoms with Crippen molar-refractivity contribution in [3.63, 3.8) is 0 Å². The maximum Gasteiger partial charge on any atom is 0.283 e. The summed E-state index contributed by atoms with van der Waals surface area (Å²) in [5, 5.41) is 0. The maximum absolute atomic E-state index is 12.7. The third kappa shape index (κ3) is 4.28. The van der Waals surface area contributed by atoms with Gasteiger partial charge < -0.3 is 4.90 Å². The number of aryl methyl sites for hydroxylation is 1. The molecule has 1 aliphatic heterocycles. The molecule has 2 aromatic rings. The number of sulfonamides is 1. The van der Waals surface area contributed by atoms with E-state index in [1.54, 1.807) is 24.3 Å². The normalized spacial score (nSPS) is 20.0. The molecular formula is C20H24N2O2S. The van der Waals surface area contributed by atoms with Crippen LogP contribution in [0.5, 0.6) is 0 Å². The summed E-state index contributed by atoms with van der Waals surface area (Å²) < 4.78 is 29.7. The summed E-state index contributed by atoms with van der Waals surface area (Å²) in [6.07, 6.45) is 2.02. The standard InChI is InChI=1S/C20H24N2O2S/c1-16-10-12-19(13-11-16)25(23,24)21-20-17(2)7-6-14-22(20)15-18-8-4-3-5-9-18/h3-5,8-13,17H,6-7,14-15H2,1-2H3/b21-20+/t17-/m0/s1. The minimum atomic E-state index is -3.69. The van der Waals surface area contributed by atoms with Crippen LogP contribution in [0.25, 0.3) is 0 Å². The SMILES string of the molecule is Cc1ccc(S(=O)(=O)/N=C2\[C@@H](C)CCCN2Cc2ccccc2)cc1. The topological polar surface area (TPSA) is 49.7 Å². The Morgan fingerprint density at radius 3 is 2.44 bits per heavy atom. The quantitative estimate of drug-likeness (QED) is 0.831. The summed E-state index contributed by atoms with van der Waals surface area (Å²) in [5.41, 5.74) is 2.19. The first kappa shape index (κ1) is 17.7. The van der Waals surface area contributed by atoms with E-state index in [-0.39, 0.29) is 10.8 Å². The van der Waals surface area contributed by atoms with Crippen LogP contribution in [0, 0.1) is 12.8 Å². The van der Waals surface area contributed by atoms with Crippen LogP contribution in [0.15, 0.2) is 63.9 Å². The van der Waals surface area contributed by atoms with Gasteiger partial charge in [-0.2, -0.15) is 8.42 Å². The highest BCUT2D eigenvalue weighted by Gasteiger charge is 2.26. The van der Waals surface area contributed by atoms with Gasteiger partial charge in [-0.15, -0.1) is 4.40 Å². The molecule has 0 N–H and O–H groups in total. The lowest BCUT2D eigenvalue weighted by Gasteiger charge is -2.34. The Labute approximate surface area is 150 Å². The van der Waals surface area contributed by atoms with Gasteiger partial charge in [-0.25, -0.2) is 0 Å². The molecule has 0 unspecified atom stereocenters. The van der Waals surface area contributed by atoms with Gasteiger partial charge in [0.2, 0.25) is 0 Å². The number of amidine groups is 1. The van der Waals surface area contributed by atoms with E-state index in [1.165, 1.54) is 0 Å². The van der Waals surface area contributed by atoms with Gasteiger partial charge in [-0.1, -0.05) is 55.0 Å². The second-order valence-corrected chi connectivity index (χ2v) is 8.29. The van der Waals surface area contributed by atoms with Crippen LogP contribution in [0.2, 0.25) is 0 Å². The van der Waals surface area contributed by atoms with Crippen LogP contribution in [0.4, 0.5) is 0 Å². The van der Waals surface area contributed by atoms with Gasteiger partial charge in [0.15, 0.2) is 0 Å². The Bertz CT molecular complexity index is 843. The van der Waals surface area contributed by atoms with Crippen molar-refractivity contribution in [1.29, 1.82) is 0 Å². The molecule has 0 spiro atoms. The Balaban J connectivity index is 1.92. The van der Waals surface area contributed by atoms with Crippen molar-refractivity contribution < 1.29 is 8.42 Å². The van der Waals surface area contributed by atoms with E-state index in [9.17, 15) is 8.42 Å². The molecule has 0 aliphatic carbocycles. The van der Waals surface area contributed by atoms with Crippen LogP contribution in [0.1, 0.15) is 30.9 Å². The molecule has 2 aromatic carbocycles. The monoisotopic (exact) mass is 356 g/mol. The van der Waals surface area contributed by atoms with Gasteiger partial charge in [0.1, 0.15) is 5.84 Å². The number of hydrogen-bond acceptors (Lipinski definition) is 2. The fourth-order valence-corrected chi connectivity index (χ4v) is 4.27. The molecule has 1 aliphatic rings. The predicted molar refractivity (Wildman–Crippen MR) is 101 cm³/mol. The highest BCUT2D eigenvalue weighted by molar-refractivity contribution is 7.90. The summed E-state index contributed by atoms with van der Waals surface area (Å²) in [7, 11) is -3.69. The molecule has 5 heteroatoms. The second-order valence-electron chi connectivity index (χ2n) is 6.69. The van der Waals surface area contributed by atoms with Gasteiger partial charge in [0, 0.05) is 19.0 Å². The largest absolute Gasteiger partial charge is 0.355 e. The van der Waals surface area contributed by atoms with Gasteiger partial charge in [0.25, 0.3) is 10.0 Å². The Morgan fingerprint density at radius 2 is 1.76 bits per heavy atom. The van der Waals surface area contributed by atoms with Crippen molar-refractivity contribution in [3.8, 4) is 0 Å². The van der Waals surface area contributed by atoms with Crippen LogP contribution in [0.3, 0.4) is 0 Å². The molecule has 4 nitrogen and oxygen atoms in total. The van der Waals surface area contributed by atoms with Crippen molar-refractivity contribution in [2.45, 2.75) is 38.1 Å².